The molecule has 2 aliphatic rings. The molecule has 0 aliphatic carbocycles. The maximum atomic E-state index is 12.9. The van der Waals surface area contributed by atoms with E-state index >= 15 is 0 Å². The Balaban J connectivity index is 0.00000171. The number of amides is 1. The number of halogens is 3. The Kier molecular flexibility index (Phi) is 9.54. The molecule has 2 aliphatic heterocycles. The second-order valence-corrected chi connectivity index (χ2v) is 9.00. The lowest BCUT2D eigenvalue weighted by Gasteiger charge is -2.26. The van der Waals surface area contributed by atoms with Crippen molar-refractivity contribution >= 4 is 63.2 Å². The highest BCUT2D eigenvalue weighted by molar-refractivity contribution is 9.10. The van der Waals surface area contributed by atoms with Gasteiger partial charge in [0.25, 0.3) is 0 Å². The molecule has 3 aromatic rings. The molecule has 1 N–H and O–H groups in total. The van der Waals surface area contributed by atoms with Crippen LogP contribution in [0.4, 0.5) is 5.69 Å². The minimum atomic E-state index is -0.511. The molecule has 1 unspecified atom stereocenters. The van der Waals surface area contributed by atoms with Crippen LogP contribution in [0.15, 0.2) is 41.1 Å². The second kappa shape index (κ2) is 12.2. The average molecular weight is 586 g/mol. The molecule has 5 rings (SSSR count). The van der Waals surface area contributed by atoms with Crippen LogP contribution in [0, 0.1) is 0 Å². The maximum absolute atomic E-state index is 12.9. The van der Waals surface area contributed by atoms with Crippen molar-refractivity contribution in [3.05, 3.63) is 52.4 Å². The number of fused-ring (bicyclic) bond motifs is 2. The number of anilines is 1. The molecule has 35 heavy (non-hydrogen) atoms. The monoisotopic (exact) mass is 584 g/mol. The van der Waals surface area contributed by atoms with Crippen LogP contribution >= 0.6 is 40.7 Å². The first-order chi connectivity index (χ1) is 16.1. The van der Waals surface area contributed by atoms with Gasteiger partial charge in [0.2, 0.25) is 5.91 Å². The molecule has 8 nitrogen and oxygen atoms in total. The normalized spacial score (nSPS) is 17.2. The minimum Gasteiger partial charge on any atom is -0.493 e. The lowest BCUT2D eigenvalue weighted by Crippen LogP contribution is -2.37. The first-order valence-corrected chi connectivity index (χ1v) is 11.8. The largest absolute Gasteiger partial charge is 0.493 e. The number of rotatable bonds is 7. The van der Waals surface area contributed by atoms with Gasteiger partial charge < -0.3 is 19.5 Å². The number of carbonyl (C=O) groups excluding carboxylic acids is 1. The van der Waals surface area contributed by atoms with Crippen molar-refractivity contribution in [2.45, 2.75) is 12.3 Å². The van der Waals surface area contributed by atoms with Crippen molar-refractivity contribution in [2.24, 2.45) is 0 Å². The molecular weight excluding hydrogens is 559 g/mol. The summed E-state index contributed by atoms with van der Waals surface area (Å²) < 4.78 is 18.0. The van der Waals surface area contributed by atoms with Gasteiger partial charge in [0.15, 0.2) is 11.5 Å². The summed E-state index contributed by atoms with van der Waals surface area (Å²) in [5.41, 5.74) is 3.04. The summed E-state index contributed by atoms with van der Waals surface area (Å²) in [4.78, 5) is 24.2. The van der Waals surface area contributed by atoms with Gasteiger partial charge in [0.05, 0.1) is 38.1 Å². The first kappa shape index (κ1) is 27.4. The maximum Gasteiger partial charge on any atom is 0.238 e. The number of hydrogen-bond donors (Lipinski definition) is 1. The van der Waals surface area contributed by atoms with E-state index in [1.807, 2.05) is 30.3 Å². The third-order valence-corrected chi connectivity index (χ3v) is 6.54. The van der Waals surface area contributed by atoms with E-state index < -0.39 is 5.92 Å². The molecule has 2 aromatic carbocycles. The number of morpholine rings is 1. The highest BCUT2D eigenvalue weighted by Crippen LogP contribution is 2.41. The molecule has 1 atom stereocenters. The van der Waals surface area contributed by atoms with Crippen molar-refractivity contribution in [2.75, 3.05) is 51.9 Å². The van der Waals surface area contributed by atoms with Crippen LogP contribution in [0.3, 0.4) is 0 Å². The molecule has 3 heterocycles. The average Bonchev–Trinajstić information content (AvgIpc) is 3.16. The third-order valence-electron chi connectivity index (χ3n) is 6.05. The summed E-state index contributed by atoms with van der Waals surface area (Å²) in [5, 5.41) is 3.73. The lowest BCUT2D eigenvalue weighted by atomic mass is 9.94. The predicted molar refractivity (Wildman–Crippen MR) is 143 cm³/mol. The zero-order valence-electron chi connectivity index (χ0n) is 19.2. The zero-order valence-corrected chi connectivity index (χ0v) is 22.4. The number of nitrogens with zero attached hydrogens (tertiary/aromatic N) is 3. The summed E-state index contributed by atoms with van der Waals surface area (Å²) in [6.07, 6.45) is 2.40. The van der Waals surface area contributed by atoms with E-state index in [0.29, 0.717) is 29.3 Å². The topological polar surface area (TPSA) is 85.8 Å². The highest BCUT2D eigenvalue weighted by Gasteiger charge is 2.34. The molecule has 1 aromatic heterocycles. The van der Waals surface area contributed by atoms with E-state index in [1.165, 1.54) is 6.33 Å². The molecule has 1 fully saturated rings. The Morgan fingerprint density at radius 1 is 1.14 bits per heavy atom. The molecule has 0 saturated carbocycles. The molecule has 0 radical (unpaired) electrons. The number of ether oxygens (including phenoxy) is 3. The number of benzene rings is 2. The predicted octanol–water partition coefficient (Wildman–Crippen LogP) is 4.43. The van der Waals surface area contributed by atoms with Crippen LogP contribution in [0.5, 0.6) is 11.5 Å². The summed E-state index contributed by atoms with van der Waals surface area (Å²) in [5.74, 6) is 0.616. The standard InChI is InChI=1S/C24H25BrN4O4.2ClH/c1-31-20-12-17-18(13-21(20)33-8-2-5-29-6-9-32-10-7-29)26-14-27-23(17)22-16-4-3-15(25)11-19(16)28-24(22)30;;/h3-4,11-14,22H,2,5-10H2,1H3,(H,28,30);2*1H. The summed E-state index contributed by atoms with van der Waals surface area (Å²) in [6, 6.07) is 9.51. The first-order valence-electron chi connectivity index (χ1n) is 11.0. The van der Waals surface area contributed by atoms with Gasteiger partial charge in [0.1, 0.15) is 12.2 Å². The van der Waals surface area contributed by atoms with Gasteiger partial charge in [-0.2, -0.15) is 0 Å². The van der Waals surface area contributed by atoms with Crippen molar-refractivity contribution in [3.63, 3.8) is 0 Å². The van der Waals surface area contributed by atoms with Crippen LogP contribution in [0.2, 0.25) is 0 Å². The van der Waals surface area contributed by atoms with Gasteiger partial charge in [-0.1, -0.05) is 22.0 Å². The number of methoxy groups -OCH3 is 1. The van der Waals surface area contributed by atoms with Crippen LogP contribution in [0.25, 0.3) is 10.9 Å². The molecule has 1 amide bonds. The fourth-order valence-electron chi connectivity index (χ4n) is 4.39. The molecule has 0 spiro atoms. The summed E-state index contributed by atoms with van der Waals surface area (Å²) in [7, 11) is 1.61. The summed E-state index contributed by atoms with van der Waals surface area (Å²) >= 11 is 3.46. The van der Waals surface area contributed by atoms with Crippen LogP contribution < -0.4 is 14.8 Å². The Morgan fingerprint density at radius 3 is 2.71 bits per heavy atom. The molecule has 188 valence electrons. The quantitative estimate of drug-likeness (QED) is 0.411. The Hall–Kier alpha value is -2.17. The summed E-state index contributed by atoms with van der Waals surface area (Å²) in [6.45, 7) is 5.06. The fourth-order valence-corrected chi connectivity index (χ4v) is 4.75. The van der Waals surface area contributed by atoms with Crippen LogP contribution in [0.1, 0.15) is 23.6 Å². The Bertz CT molecular complexity index is 1190. The number of aromatic nitrogens is 2. The van der Waals surface area contributed by atoms with Crippen molar-refractivity contribution < 1.29 is 19.0 Å². The van der Waals surface area contributed by atoms with Crippen molar-refractivity contribution in [3.8, 4) is 11.5 Å². The van der Waals surface area contributed by atoms with Crippen molar-refractivity contribution in [1.29, 1.82) is 0 Å². The van der Waals surface area contributed by atoms with Crippen LogP contribution in [-0.2, 0) is 9.53 Å². The van der Waals surface area contributed by atoms with E-state index in [1.54, 1.807) is 7.11 Å². The third kappa shape index (κ3) is 5.81. The van der Waals surface area contributed by atoms with E-state index in [4.69, 9.17) is 14.2 Å². The fraction of sp³-hybridized carbons (Fsp3) is 0.375. The van der Waals surface area contributed by atoms with Gasteiger partial charge >= 0.3 is 0 Å². The molecule has 1 saturated heterocycles. The van der Waals surface area contributed by atoms with Gasteiger partial charge in [-0.3, -0.25) is 9.69 Å². The van der Waals surface area contributed by atoms with E-state index in [0.717, 1.165) is 60.4 Å². The van der Waals surface area contributed by atoms with Gasteiger partial charge in [-0.25, -0.2) is 9.97 Å². The van der Waals surface area contributed by atoms with Crippen LogP contribution in [-0.4, -0.2) is 67.3 Å². The lowest BCUT2D eigenvalue weighted by molar-refractivity contribution is -0.116. The number of nitrogens with one attached hydrogen (secondary N) is 1. The molecule has 11 heteroatoms. The van der Waals surface area contributed by atoms with E-state index in [9.17, 15) is 4.79 Å². The van der Waals surface area contributed by atoms with Gasteiger partial charge in [-0.05, 0) is 30.2 Å². The van der Waals surface area contributed by atoms with Crippen molar-refractivity contribution in [1.82, 2.24) is 14.9 Å². The Morgan fingerprint density at radius 2 is 1.94 bits per heavy atom. The highest BCUT2D eigenvalue weighted by atomic mass is 79.9. The molecule has 0 bridgehead atoms. The smallest absolute Gasteiger partial charge is 0.238 e. The van der Waals surface area contributed by atoms with E-state index in [-0.39, 0.29) is 30.7 Å². The van der Waals surface area contributed by atoms with E-state index in [2.05, 4.69) is 36.1 Å². The second-order valence-electron chi connectivity index (χ2n) is 8.09. The zero-order chi connectivity index (χ0) is 22.8. The molecular formula is C24H27BrCl2N4O4. The Labute approximate surface area is 224 Å². The van der Waals surface area contributed by atoms with Gasteiger partial charge in [0, 0.05) is 41.2 Å². The van der Waals surface area contributed by atoms with Gasteiger partial charge in [-0.15, -0.1) is 24.8 Å². The SMILES string of the molecule is COc1cc2c(C3C(=O)Nc4cc(Br)ccc43)ncnc2cc1OCCCN1CCOCC1.Cl.Cl. The number of hydrogen-bond acceptors (Lipinski definition) is 7. The number of carbonyl (C=O) groups is 1. The minimum absolute atomic E-state index is 0.